The van der Waals surface area contributed by atoms with Crippen LogP contribution in [0.4, 0.5) is 11.4 Å². The Labute approximate surface area is 294 Å². The van der Waals surface area contributed by atoms with Gasteiger partial charge in [-0.1, -0.05) is 84.9 Å². The third kappa shape index (κ3) is 5.51. The molecule has 0 saturated heterocycles. The molecule has 0 atom stereocenters. The lowest BCUT2D eigenvalue weighted by Gasteiger charge is -2.34. The summed E-state index contributed by atoms with van der Waals surface area (Å²) in [6.45, 7) is 11.6. The van der Waals surface area contributed by atoms with Crippen molar-refractivity contribution in [3.63, 3.8) is 0 Å². The highest BCUT2D eigenvalue weighted by Gasteiger charge is 2.28. The average Bonchev–Trinajstić information content (AvgIpc) is 3.14. The standard InChI is InChI=1S/C46H43NO3/c1-27-12-10-11-15-39(27)40-26-36(17-16-28(40)2)35-20-24-38(25-21-35)47(37-22-18-34(19-23-37)33-13-8-7-9-14-33)43-31(5)44(48)30(4)42-41(43)29(3)45(49)32(6)46(42)50/h7-18,20-22,24-26,48-50H,19,23H2,1-6H3. The molecule has 250 valence electrons. The van der Waals surface area contributed by atoms with Gasteiger partial charge in [0.1, 0.15) is 17.2 Å². The molecule has 0 saturated carbocycles. The Bertz CT molecular complexity index is 2340. The van der Waals surface area contributed by atoms with Crippen LogP contribution in [0.15, 0.2) is 115 Å². The van der Waals surface area contributed by atoms with Crippen LogP contribution in [0.25, 0.3) is 38.6 Å². The van der Waals surface area contributed by atoms with Gasteiger partial charge in [0.25, 0.3) is 0 Å². The monoisotopic (exact) mass is 657 g/mol. The quantitative estimate of drug-likeness (QED) is 0.167. The zero-order valence-corrected chi connectivity index (χ0v) is 29.6. The van der Waals surface area contributed by atoms with Crippen molar-refractivity contribution in [2.45, 2.75) is 54.4 Å². The van der Waals surface area contributed by atoms with E-state index in [2.05, 4.69) is 122 Å². The highest BCUT2D eigenvalue weighted by atomic mass is 16.3. The average molecular weight is 658 g/mol. The number of phenolic OH excluding ortho intramolecular Hbond substituents is 3. The van der Waals surface area contributed by atoms with Gasteiger partial charge in [-0.2, -0.15) is 0 Å². The van der Waals surface area contributed by atoms with E-state index in [0.29, 0.717) is 27.6 Å². The number of fused-ring (bicyclic) bond motifs is 1. The fraction of sp³-hybridized carbons (Fsp3) is 0.174. The van der Waals surface area contributed by atoms with Gasteiger partial charge >= 0.3 is 0 Å². The highest BCUT2D eigenvalue weighted by Crippen LogP contribution is 2.52. The third-order valence-electron chi connectivity index (χ3n) is 10.5. The Hall–Kier alpha value is -5.74. The van der Waals surface area contributed by atoms with E-state index in [4.69, 9.17) is 0 Å². The number of aryl methyl sites for hydroxylation is 4. The molecule has 7 rings (SSSR count). The Balaban J connectivity index is 1.42. The predicted octanol–water partition coefficient (Wildman–Crippen LogP) is 12.0. The molecule has 0 heterocycles. The summed E-state index contributed by atoms with van der Waals surface area (Å²) < 4.78 is 0. The van der Waals surface area contributed by atoms with E-state index in [1.54, 1.807) is 6.92 Å². The molecule has 4 nitrogen and oxygen atoms in total. The van der Waals surface area contributed by atoms with Gasteiger partial charge in [-0.05, 0) is 123 Å². The fourth-order valence-corrected chi connectivity index (χ4v) is 7.56. The van der Waals surface area contributed by atoms with Crippen molar-refractivity contribution in [1.82, 2.24) is 0 Å². The van der Waals surface area contributed by atoms with Crippen LogP contribution in [0, 0.1) is 41.5 Å². The fourth-order valence-electron chi connectivity index (χ4n) is 7.56. The van der Waals surface area contributed by atoms with E-state index >= 15 is 0 Å². The third-order valence-corrected chi connectivity index (χ3v) is 10.5. The van der Waals surface area contributed by atoms with Crippen LogP contribution >= 0.6 is 0 Å². The van der Waals surface area contributed by atoms with Gasteiger partial charge in [0, 0.05) is 44.4 Å². The van der Waals surface area contributed by atoms with Gasteiger partial charge in [0.2, 0.25) is 0 Å². The zero-order valence-electron chi connectivity index (χ0n) is 29.6. The lowest BCUT2D eigenvalue weighted by Crippen LogP contribution is -2.20. The van der Waals surface area contributed by atoms with Gasteiger partial charge in [-0.3, -0.25) is 0 Å². The molecule has 0 spiro atoms. The second kappa shape index (κ2) is 12.9. The number of rotatable bonds is 6. The minimum Gasteiger partial charge on any atom is -0.507 e. The summed E-state index contributed by atoms with van der Waals surface area (Å²) in [7, 11) is 0. The van der Waals surface area contributed by atoms with Crippen molar-refractivity contribution in [1.29, 1.82) is 0 Å². The molecule has 0 amide bonds. The number of hydrogen-bond acceptors (Lipinski definition) is 4. The molecule has 0 radical (unpaired) electrons. The normalized spacial score (nSPS) is 12.9. The van der Waals surface area contributed by atoms with Crippen LogP contribution in [0.3, 0.4) is 0 Å². The van der Waals surface area contributed by atoms with Gasteiger partial charge < -0.3 is 20.2 Å². The minimum atomic E-state index is -0.0137. The number of benzene rings is 6. The summed E-state index contributed by atoms with van der Waals surface area (Å²) in [4.78, 5) is 2.20. The SMILES string of the molecule is Cc1ccccc1-c1cc(-c2ccc(N(C3=CC=C(c4ccccc4)CC3)c3c(C)c(O)c(C)c4c(O)c(C)c(O)c(C)c34)cc2)ccc1C. The predicted molar refractivity (Wildman–Crippen MR) is 209 cm³/mol. The molecule has 0 aromatic heterocycles. The second-order valence-electron chi connectivity index (χ2n) is 13.6. The number of nitrogens with zero attached hydrogens (tertiary/aromatic N) is 1. The topological polar surface area (TPSA) is 63.9 Å². The first-order valence-electron chi connectivity index (χ1n) is 17.3. The Kier molecular flexibility index (Phi) is 8.49. The zero-order chi connectivity index (χ0) is 35.3. The summed E-state index contributed by atoms with van der Waals surface area (Å²) >= 11 is 0. The van der Waals surface area contributed by atoms with E-state index in [9.17, 15) is 15.3 Å². The van der Waals surface area contributed by atoms with Gasteiger partial charge in [0.05, 0.1) is 5.69 Å². The van der Waals surface area contributed by atoms with E-state index in [1.807, 2.05) is 26.8 Å². The van der Waals surface area contributed by atoms with E-state index in [-0.39, 0.29) is 17.2 Å². The van der Waals surface area contributed by atoms with Crippen molar-refractivity contribution in [2.24, 2.45) is 0 Å². The minimum absolute atomic E-state index is 0.0137. The van der Waals surface area contributed by atoms with Crippen molar-refractivity contribution in [2.75, 3.05) is 4.90 Å². The molecule has 0 aliphatic heterocycles. The first-order valence-corrected chi connectivity index (χ1v) is 17.3. The van der Waals surface area contributed by atoms with Crippen molar-refractivity contribution >= 4 is 27.7 Å². The van der Waals surface area contributed by atoms with Gasteiger partial charge in [-0.15, -0.1) is 0 Å². The Morgan fingerprint density at radius 1 is 0.480 bits per heavy atom. The molecule has 6 aromatic carbocycles. The molecule has 6 aromatic rings. The van der Waals surface area contributed by atoms with Crippen LogP contribution in [-0.2, 0) is 0 Å². The molecule has 1 aliphatic rings. The van der Waals surface area contributed by atoms with Gasteiger partial charge in [-0.25, -0.2) is 0 Å². The summed E-state index contributed by atoms with van der Waals surface area (Å²) in [5, 5.41) is 35.5. The first-order chi connectivity index (χ1) is 24.1. The van der Waals surface area contributed by atoms with Crippen molar-refractivity contribution in [3.8, 4) is 39.5 Å². The molecule has 4 heteroatoms. The van der Waals surface area contributed by atoms with E-state index in [0.717, 1.165) is 46.4 Å². The van der Waals surface area contributed by atoms with Crippen molar-refractivity contribution in [3.05, 3.63) is 154 Å². The number of phenols is 3. The molecule has 0 bridgehead atoms. The molecular formula is C46H43NO3. The maximum absolute atomic E-state index is 11.6. The number of allylic oxidation sites excluding steroid dienone is 4. The van der Waals surface area contributed by atoms with Crippen LogP contribution in [0.2, 0.25) is 0 Å². The second-order valence-corrected chi connectivity index (χ2v) is 13.6. The maximum atomic E-state index is 11.6. The number of hydrogen-bond donors (Lipinski definition) is 3. The smallest absolute Gasteiger partial charge is 0.130 e. The van der Waals surface area contributed by atoms with Crippen LogP contribution in [0.5, 0.6) is 17.2 Å². The molecule has 0 unspecified atom stereocenters. The Morgan fingerprint density at radius 3 is 1.78 bits per heavy atom. The van der Waals surface area contributed by atoms with Crippen molar-refractivity contribution < 1.29 is 15.3 Å². The number of aromatic hydroxyl groups is 3. The van der Waals surface area contributed by atoms with E-state index < -0.39 is 0 Å². The van der Waals surface area contributed by atoms with Crippen LogP contribution < -0.4 is 4.90 Å². The summed E-state index contributed by atoms with van der Waals surface area (Å²) in [6.07, 6.45) is 5.96. The van der Waals surface area contributed by atoms with Crippen LogP contribution in [0.1, 0.15) is 51.8 Å². The van der Waals surface area contributed by atoms with E-state index in [1.165, 1.54) is 33.4 Å². The first kappa shape index (κ1) is 32.8. The van der Waals surface area contributed by atoms with Gasteiger partial charge in [0.15, 0.2) is 0 Å². The summed E-state index contributed by atoms with van der Waals surface area (Å²) in [6, 6.07) is 34.2. The highest BCUT2D eigenvalue weighted by molar-refractivity contribution is 6.08. The van der Waals surface area contributed by atoms with Crippen LogP contribution in [-0.4, -0.2) is 15.3 Å². The summed E-state index contributed by atoms with van der Waals surface area (Å²) in [5.74, 6) is 0.179. The molecule has 50 heavy (non-hydrogen) atoms. The maximum Gasteiger partial charge on any atom is 0.130 e. The molecule has 3 N–H and O–H groups in total. The largest absolute Gasteiger partial charge is 0.507 e. The lowest BCUT2D eigenvalue weighted by molar-refractivity contribution is 0.443. The molecular weight excluding hydrogens is 615 g/mol. The molecule has 0 fully saturated rings. The summed E-state index contributed by atoms with van der Waals surface area (Å²) in [5.41, 5.74) is 14.7. The Morgan fingerprint density at radius 2 is 1.10 bits per heavy atom. The lowest BCUT2D eigenvalue weighted by atomic mass is 9.89. The number of anilines is 2. The molecule has 1 aliphatic carbocycles.